The molecule has 0 spiro atoms. The van der Waals surface area contributed by atoms with Crippen LogP contribution in [-0.4, -0.2) is 10.6 Å². The van der Waals surface area contributed by atoms with Gasteiger partial charge in [0.05, 0.1) is 0 Å². The van der Waals surface area contributed by atoms with E-state index in [0.717, 1.165) is 12.3 Å². The van der Waals surface area contributed by atoms with Crippen LogP contribution in [0.1, 0.15) is 25.5 Å². The highest BCUT2D eigenvalue weighted by Gasteiger charge is 2.23. The molecule has 0 radical (unpaired) electrons. The lowest BCUT2D eigenvalue weighted by Gasteiger charge is -2.11. The zero-order chi connectivity index (χ0) is 11.8. The van der Waals surface area contributed by atoms with Crippen LogP contribution in [0.5, 0.6) is 0 Å². The molecule has 90 valence electrons. The molecule has 2 N–H and O–H groups in total. The summed E-state index contributed by atoms with van der Waals surface area (Å²) in [6.45, 7) is 3.26. The molecular weight excluding hydrogens is 208 g/mol. The molecule has 0 bridgehead atoms. The summed E-state index contributed by atoms with van der Waals surface area (Å²) < 4.78 is 2.48. The molecule has 3 rings (SSSR count). The molecule has 1 aliphatic carbocycles. The first-order chi connectivity index (χ1) is 8.24. The molecule has 2 aromatic rings. The first-order valence-corrected chi connectivity index (χ1v) is 6.57. The molecule has 0 amide bonds. The van der Waals surface area contributed by atoms with Crippen molar-refractivity contribution in [2.45, 2.75) is 38.8 Å². The molecule has 1 unspecified atom stereocenters. The monoisotopic (exact) mass is 228 g/mol. The van der Waals surface area contributed by atoms with Crippen LogP contribution >= 0.6 is 0 Å². The van der Waals surface area contributed by atoms with Crippen molar-refractivity contribution in [1.29, 1.82) is 0 Å². The Morgan fingerprint density at radius 3 is 2.82 bits per heavy atom. The minimum Gasteiger partial charge on any atom is -0.344 e. The fraction of sp³-hybridized carbons (Fsp3) is 0.467. The van der Waals surface area contributed by atoms with Crippen molar-refractivity contribution in [3.8, 4) is 0 Å². The quantitative estimate of drug-likeness (QED) is 0.857. The fourth-order valence-corrected chi connectivity index (χ4v) is 2.54. The third-order valence-corrected chi connectivity index (χ3v) is 3.57. The van der Waals surface area contributed by atoms with Gasteiger partial charge in [0.2, 0.25) is 0 Å². The minimum atomic E-state index is 0.234. The van der Waals surface area contributed by atoms with Gasteiger partial charge in [0.15, 0.2) is 0 Å². The Balaban J connectivity index is 2.04. The van der Waals surface area contributed by atoms with Gasteiger partial charge in [-0.3, -0.25) is 0 Å². The average molecular weight is 228 g/mol. The summed E-state index contributed by atoms with van der Waals surface area (Å²) in [6.07, 6.45) is 3.76. The van der Waals surface area contributed by atoms with Gasteiger partial charge in [-0.1, -0.05) is 18.2 Å². The van der Waals surface area contributed by atoms with Gasteiger partial charge in [-0.05, 0) is 43.2 Å². The van der Waals surface area contributed by atoms with Crippen LogP contribution in [0.4, 0.5) is 0 Å². The van der Waals surface area contributed by atoms with Crippen molar-refractivity contribution in [3.63, 3.8) is 0 Å². The highest BCUT2D eigenvalue weighted by atomic mass is 15.0. The lowest BCUT2D eigenvalue weighted by Crippen LogP contribution is -2.20. The van der Waals surface area contributed by atoms with Crippen LogP contribution in [0.15, 0.2) is 30.3 Å². The highest BCUT2D eigenvalue weighted by Crippen LogP contribution is 2.33. The van der Waals surface area contributed by atoms with E-state index in [9.17, 15) is 0 Å². The molecular formula is C15H20N2. The van der Waals surface area contributed by atoms with Gasteiger partial charge in [0.1, 0.15) is 0 Å². The Labute approximate surface area is 102 Å². The standard InChI is InChI=1S/C15H20N2/c1-11(16)8-14-9-13-4-2-3-5-15(13)17(14)10-12-6-7-12/h2-5,9,11-12H,6-8,10,16H2,1H3. The summed E-state index contributed by atoms with van der Waals surface area (Å²) in [4.78, 5) is 0. The number of fused-ring (bicyclic) bond motifs is 1. The number of aromatic nitrogens is 1. The molecule has 1 aromatic heterocycles. The highest BCUT2D eigenvalue weighted by molar-refractivity contribution is 5.81. The molecule has 0 saturated heterocycles. The van der Waals surface area contributed by atoms with E-state index in [-0.39, 0.29) is 6.04 Å². The van der Waals surface area contributed by atoms with E-state index in [1.807, 2.05) is 0 Å². The Bertz CT molecular complexity index is 521. The molecule has 1 aromatic carbocycles. The maximum absolute atomic E-state index is 5.95. The maximum Gasteiger partial charge on any atom is 0.0482 e. The van der Waals surface area contributed by atoms with Gasteiger partial charge in [-0.2, -0.15) is 0 Å². The van der Waals surface area contributed by atoms with Crippen molar-refractivity contribution in [3.05, 3.63) is 36.0 Å². The van der Waals surface area contributed by atoms with E-state index >= 15 is 0 Å². The Kier molecular flexibility index (Phi) is 2.67. The summed E-state index contributed by atoms with van der Waals surface area (Å²) in [5, 5.41) is 1.35. The van der Waals surface area contributed by atoms with Crippen LogP contribution in [0.25, 0.3) is 10.9 Å². The first kappa shape index (κ1) is 10.8. The van der Waals surface area contributed by atoms with Crippen LogP contribution in [0.2, 0.25) is 0 Å². The Hall–Kier alpha value is -1.28. The molecule has 0 aliphatic heterocycles. The second kappa shape index (κ2) is 4.19. The summed E-state index contributed by atoms with van der Waals surface area (Å²) in [5.74, 6) is 0.901. The van der Waals surface area contributed by atoms with E-state index in [0.29, 0.717) is 0 Å². The van der Waals surface area contributed by atoms with E-state index in [2.05, 4.69) is 41.8 Å². The molecule has 17 heavy (non-hydrogen) atoms. The van der Waals surface area contributed by atoms with Crippen LogP contribution < -0.4 is 5.73 Å². The normalized spacial score (nSPS) is 17.5. The number of rotatable bonds is 4. The predicted octanol–water partition coefficient (Wildman–Crippen LogP) is 2.94. The second-order valence-corrected chi connectivity index (χ2v) is 5.43. The Morgan fingerprint density at radius 1 is 1.35 bits per heavy atom. The van der Waals surface area contributed by atoms with Gasteiger partial charge in [-0.25, -0.2) is 0 Å². The number of hydrogen-bond donors (Lipinski definition) is 1. The Morgan fingerprint density at radius 2 is 2.12 bits per heavy atom. The summed E-state index contributed by atoms with van der Waals surface area (Å²) in [7, 11) is 0. The van der Waals surface area contributed by atoms with E-state index < -0.39 is 0 Å². The molecule has 1 atom stereocenters. The van der Waals surface area contributed by atoms with E-state index in [1.54, 1.807) is 0 Å². The third kappa shape index (κ3) is 2.22. The van der Waals surface area contributed by atoms with Crippen molar-refractivity contribution < 1.29 is 0 Å². The van der Waals surface area contributed by atoms with Crippen molar-refractivity contribution in [1.82, 2.24) is 4.57 Å². The smallest absolute Gasteiger partial charge is 0.0482 e. The molecule has 1 saturated carbocycles. The number of nitrogens with zero attached hydrogens (tertiary/aromatic N) is 1. The minimum absolute atomic E-state index is 0.234. The van der Waals surface area contributed by atoms with Gasteiger partial charge in [0, 0.05) is 30.2 Å². The zero-order valence-electron chi connectivity index (χ0n) is 10.4. The van der Waals surface area contributed by atoms with Gasteiger partial charge in [0.25, 0.3) is 0 Å². The molecule has 1 heterocycles. The predicted molar refractivity (Wildman–Crippen MR) is 72.0 cm³/mol. The lowest BCUT2D eigenvalue weighted by atomic mass is 10.2. The summed E-state index contributed by atoms with van der Waals surface area (Å²) >= 11 is 0. The number of para-hydroxylation sites is 1. The summed E-state index contributed by atoms with van der Waals surface area (Å²) in [5.41, 5.74) is 8.72. The first-order valence-electron chi connectivity index (χ1n) is 6.57. The second-order valence-electron chi connectivity index (χ2n) is 5.43. The maximum atomic E-state index is 5.95. The van der Waals surface area contributed by atoms with Gasteiger partial charge in [-0.15, -0.1) is 0 Å². The van der Waals surface area contributed by atoms with Gasteiger partial charge >= 0.3 is 0 Å². The van der Waals surface area contributed by atoms with Crippen molar-refractivity contribution >= 4 is 10.9 Å². The molecule has 2 nitrogen and oxygen atoms in total. The summed E-state index contributed by atoms with van der Waals surface area (Å²) in [6, 6.07) is 11.2. The van der Waals surface area contributed by atoms with Crippen LogP contribution in [0, 0.1) is 5.92 Å². The topological polar surface area (TPSA) is 30.9 Å². The van der Waals surface area contributed by atoms with Crippen molar-refractivity contribution in [2.24, 2.45) is 11.7 Å². The zero-order valence-corrected chi connectivity index (χ0v) is 10.4. The third-order valence-electron chi connectivity index (χ3n) is 3.57. The van der Waals surface area contributed by atoms with Gasteiger partial charge < -0.3 is 10.3 Å². The average Bonchev–Trinajstić information content (AvgIpc) is 3.03. The fourth-order valence-electron chi connectivity index (χ4n) is 2.54. The largest absolute Gasteiger partial charge is 0.344 e. The lowest BCUT2D eigenvalue weighted by molar-refractivity contribution is 0.599. The molecule has 1 fully saturated rings. The van der Waals surface area contributed by atoms with Crippen molar-refractivity contribution in [2.75, 3.05) is 0 Å². The van der Waals surface area contributed by atoms with E-state index in [4.69, 9.17) is 5.73 Å². The molecule has 2 heteroatoms. The van der Waals surface area contributed by atoms with Crippen LogP contribution in [-0.2, 0) is 13.0 Å². The van der Waals surface area contributed by atoms with E-state index in [1.165, 1.54) is 36.0 Å². The number of nitrogens with two attached hydrogens (primary N) is 1. The SMILES string of the molecule is CC(N)Cc1cc2ccccc2n1CC1CC1. The van der Waals surface area contributed by atoms with Crippen LogP contribution in [0.3, 0.4) is 0 Å². The number of benzene rings is 1. The number of hydrogen-bond acceptors (Lipinski definition) is 1. The molecule has 1 aliphatic rings.